The number of rotatable bonds is 2. The molecule has 0 spiro atoms. The fourth-order valence-corrected chi connectivity index (χ4v) is 2.05. The highest BCUT2D eigenvalue weighted by Crippen LogP contribution is 2.18. The van der Waals surface area contributed by atoms with E-state index in [4.69, 9.17) is 5.26 Å². The Morgan fingerprint density at radius 2 is 1.58 bits per heavy atom. The van der Waals surface area contributed by atoms with Crippen LogP contribution in [0.2, 0.25) is 0 Å². The molecule has 2 amide bonds. The van der Waals surface area contributed by atoms with Crippen LogP contribution in [-0.4, -0.2) is 6.03 Å². The van der Waals surface area contributed by atoms with Crippen molar-refractivity contribution in [3.8, 4) is 6.07 Å². The molecular formula is C14H10IN3O. The van der Waals surface area contributed by atoms with Crippen molar-refractivity contribution in [2.75, 3.05) is 10.6 Å². The maximum atomic E-state index is 11.9. The highest BCUT2D eigenvalue weighted by Gasteiger charge is 2.07. The van der Waals surface area contributed by atoms with Gasteiger partial charge in [-0.15, -0.1) is 0 Å². The number of nitriles is 1. The van der Waals surface area contributed by atoms with Crippen molar-refractivity contribution < 1.29 is 4.79 Å². The van der Waals surface area contributed by atoms with Gasteiger partial charge in [-0.2, -0.15) is 5.26 Å². The SMILES string of the molecule is N#Cc1ccccc1NC(=O)Nc1ccccc1I. The van der Waals surface area contributed by atoms with Gasteiger partial charge in [-0.25, -0.2) is 4.79 Å². The largest absolute Gasteiger partial charge is 0.323 e. The van der Waals surface area contributed by atoms with Crippen molar-refractivity contribution in [3.05, 3.63) is 57.7 Å². The molecule has 0 aliphatic carbocycles. The Bertz CT molecular complexity index is 649. The number of urea groups is 1. The minimum Gasteiger partial charge on any atom is -0.307 e. The van der Waals surface area contributed by atoms with Crippen LogP contribution < -0.4 is 10.6 Å². The van der Waals surface area contributed by atoms with E-state index < -0.39 is 0 Å². The van der Waals surface area contributed by atoms with Crippen LogP contribution in [0.4, 0.5) is 16.2 Å². The predicted molar refractivity (Wildman–Crippen MR) is 83.0 cm³/mol. The average molecular weight is 363 g/mol. The third-order valence-corrected chi connectivity index (χ3v) is 3.36. The zero-order valence-electron chi connectivity index (χ0n) is 9.85. The van der Waals surface area contributed by atoms with Gasteiger partial charge in [0.2, 0.25) is 0 Å². The highest BCUT2D eigenvalue weighted by molar-refractivity contribution is 14.1. The fraction of sp³-hybridized carbons (Fsp3) is 0. The lowest BCUT2D eigenvalue weighted by Gasteiger charge is -2.09. The minimum absolute atomic E-state index is 0.369. The van der Waals surface area contributed by atoms with E-state index in [2.05, 4.69) is 33.2 Å². The van der Waals surface area contributed by atoms with Crippen molar-refractivity contribution >= 4 is 40.0 Å². The summed E-state index contributed by atoms with van der Waals surface area (Å²) in [5.74, 6) is 0. The van der Waals surface area contributed by atoms with Crippen LogP contribution in [0.15, 0.2) is 48.5 Å². The lowest BCUT2D eigenvalue weighted by atomic mass is 10.2. The summed E-state index contributed by atoms with van der Waals surface area (Å²) >= 11 is 2.14. The summed E-state index contributed by atoms with van der Waals surface area (Å²) in [6.07, 6.45) is 0. The Labute approximate surface area is 124 Å². The number of nitrogens with zero attached hydrogens (tertiary/aromatic N) is 1. The number of nitrogens with one attached hydrogen (secondary N) is 2. The molecule has 0 saturated carbocycles. The van der Waals surface area contributed by atoms with Crippen LogP contribution in [0.5, 0.6) is 0 Å². The highest BCUT2D eigenvalue weighted by atomic mass is 127. The molecule has 0 aliphatic rings. The van der Waals surface area contributed by atoms with Gasteiger partial charge in [0.1, 0.15) is 6.07 Å². The molecule has 4 nitrogen and oxygen atoms in total. The number of hydrogen-bond donors (Lipinski definition) is 2. The van der Waals surface area contributed by atoms with Gasteiger partial charge in [0.05, 0.1) is 16.9 Å². The Morgan fingerprint density at radius 1 is 1.00 bits per heavy atom. The summed E-state index contributed by atoms with van der Waals surface area (Å²) < 4.78 is 0.948. The van der Waals surface area contributed by atoms with Crippen LogP contribution in [0.25, 0.3) is 0 Å². The van der Waals surface area contributed by atoms with E-state index in [0.717, 1.165) is 9.26 Å². The molecule has 0 fully saturated rings. The number of amides is 2. The van der Waals surface area contributed by atoms with Gasteiger partial charge in [0.15, 0.2) is 0 Å². The molecule has 0 unspecified atom stereocenters. The second kappa shape index (κ2) is 6.20. The van der Waals surface area contributed by atoms with Gasteiger partial charge in [0, 0.05) is 3.57 Å². The van der Waals surface area contributed by atoms with Crippen LogP contribution >= 0.6 is 22.6 Å². The Hall–Kier alpha value is -2.07. The van der Waals surface area contributed by atoms with Crippen molar-refractivity contribution in [1.82, 2.24) is 0 Å². The minimum atomic E-state index is -0.369. The molecule has 0 aromatic heterocycles. The molecule has 5 heteroatoms. The zero-order valence-corrected chi connectivity index (χ0v) is 12.0. The van der Waals surface area contributed by atoms with Crippen LogP contribution in [0.1, 0.15) is 5.56 Å². The van der Waals surface area contributed by atoms with Gasteiger partial charge in [-0.3, -0.25) is 0 Å². The molecule has 0 atom stereocenters. The van der Waals surface area contributed by atoms with Crippen LogP contribution in [0.3, 0.4) is 0 Å². The van der Waals surface area contributed by atoms with Crippen molar-refractivity contribution in [3.63, 3.8) is 0 Å². The van der Waals surface area contributed by atoms with Crippen molar-refractivity contribution in [2.24, 2.45) is 0 Å². The van der Waals surface area contributed by atoms with E-state index in [1.165, 1.54) is 0 Å². The van der Waals surface area contributed by atoms with E-state index >= 15 is 0 Å². The molecular weight excluding hydrogens is 353 g/mol. The van der Waals surface area contributed by atoms with E-state index in [0.29, 0.717) is 11.3 Å². The van der Waals surface area contributed by atoms with Gasteiger partial charge < -0.3 is 10.6 Å². The Balaban J connectivity index is 2.11. The van der Waals surface area contributed by atoms with Gasteiger partial charge in [-0.1, -0.05) is 24.3 Å². The maximum absolute atomic E-state index is 11.9. The van der Waals surface area contributed by atoms with Crippen LogP contribution in [-0.2, 0) is 0 Å². The number of carbonyl (C=O) groups is 1. The lowest BCUT2D eigenvalue weighted by Crippen LogP contribution is -2.20. The summed E-state index contributed by atoms with van der Waals surface area (Å²) in [4.78, 5) is 11.9. The predicted octanol–water partition coefficient (Wildman–Crippen LogP) is 3.81. The van der Waals surface area contributed by atoms with Crippen molar-refractivity contribution in [2.45, 2.75) is 0 Å². The third kappa shape index (κ3) is 3.45. The molecule has 19 heavy (non-hydrogen) atoms. The second-order valence-electron chi connectivity index (χ2n) is 3.72. The normalized spacial score (nSPS) is 9.47. The first-order chi connectivity index (χ1) is 9.20. The molecule has 2 N–H and O–H groups in total. The molecule has 94 valence electrons. The number of benzene rings is 2. The van der Waals surface area contributed by atoms with E-state index in [1.807, 2.05) is 30.3 Å². The van der Waals surface area contributed by atoms with Crippen molar-refractivity contribution in [1.29, 1.82) is 5.26 Å². The fourth-order valence-electron chi connectivity index (χ4n) is 1.53. The Kier molecular flexibility index (Phi) is 4.36. The average Bonchev–Trinajstić information content (AvgIpc) is 2.42. The summed E-state index contributed by atoms with van der Waals surface area (Å²) in [5, 5.41) is 14.3. The number of anilines is 2. The second-order valence-corrected chi connectivity index (χ2v) is 4.88. The van der Waals surface area contributed by atoms with E-state index in [9.17, 15) is 4.79 Å². The maximum Gasteiger partial charge on any atom is 0.323 e. The zero-order chi connectivity index (χ0) is 13.7. The first-order valence-corrected chi connectivity index (χ1v) is 6.60. The standard InChI is InChI=1S/C14H10IN3O/c15-11-6-2-4-8-13(11)18-14(19)17-12-7-3-1-5-10(12)9-16/h1-8H,(H2,17,18,19). The molecule has 2 rings (SSSR count). The topological polar surface area (TPSA) is 64.9 Å². The lowest BCUT2D eigenvalue weighted by molar-refractivity contribution is 0.262. The molecule has 2 aromatic carbocycles. The first-order valence-electron chi connectivity index (χ1n) is 5.52. The molecule has 0 heterocycles. The number of carbonyl (C=O) groups excluding carboxylic acids is 1. The summed E-state index contributed by atoms with van der Waals surface area (Å²) in [7, 11) is 0. The molecule has 0 radical (unpaired) electrons. The number of para-hydroxylation sites is 2. The van der Waals surface area contributed by atoms with Gasteiger partial charge in [-0.05, 0) is 46.9 Å². The molecule has 0 aliphatic heterocycles. The third-order valence-electron chi connectivity index (χ3n) is 2.42. The van der Waals surface area contributed by atoms with E-state index in [1.54, 1.807) is 24.3 Å². The number of hydrogen-bond acceptors (Lipinski definition) is 2. The van der Waals surface area contributed by atoms with E-state index in [-0.39, 0.29) is 6.03 Å². The summed E-state index contributed by atoms with van der Waals surface area (Å²) in [6.45, 7) is 0. The Morgan fingerprint density at radius 3 is 2.26 bits per heavy atom. The summed E-state index contributed by atoms with van der Waals surface area (Å²) in [6, 6.07) is 16.0. The quantitative estimate of drug-likeness (QED) is 0.797. The van der Waals surface area contributed by atoms with Gasteiger partial charge in [0.25, 0.3) is 0 Å². The van der Waals surface area contributed by atoms with Crippen LogP contribution in [0, 0.1) is 14.9 Å². The number of halogens is 1. The molecule has 0 bridgehead atoms. The molecule has 0 saturated heterocycles. The monoisotopic (exact) mass is 363 g/mol. The smallest absolute Gasteiger partial charge is 0.307 e. The first kappa shape index (κ1) is 13.4. The van der Waals surface area contributed by atoms with Gasteiger partial charge >= 0.3 is 6.03 Å². The molecule has 2 aromatic rings. The summed E-state index contributed by atoms with van der Waals surface area (Å²) in [5.41, 5.74) is 1.66.